The maximum atomic E-state index is 13.2. The minimum Gasteiger partial charge on any atom is -0.497 e. The minimum absolute atomic E-state index is 0.417. The van der Waals surface area contributed by atoms with Crippen molar-refractivity contribution in [3.05, 3.63) is 59.4 Å². The van der Waals surface area contributed by atoms with Gasteiger partial charge in [0.25, 0.3) is 0 Å². The smallest absolute Gasteiger partial charge is 0.243 e. The largest absolute Gasteiger partial charge is 0.497 e. The number of fused-ring (bicyclic) bond motifs is 1. The van der Waals surface area contributed by atoms with E-state index in [0.717, 1.165) is 30.7 Å². The van der Waals surface area contributed by atoms with Crippen molar-refractivity contribution in [3.63, 3.8) is 0 Å². The lowest BCUT2D eigenvalue weighted by Gasteiger charge is -2.33. The Labute approximate surface area is 194 Å². The molecule has 1 fully saturated rings. The number of nitrogens with zero attached hydrogens (tertiary/aromatic N) is 6. The van der Waals surface area contributed by atoms with Crippen molar-refractivity contribution in [2.75, 3.05) is 33.3 Å². The second-order valence-corrected chi connectivity index (χ2v) is 10.5. The third-order valence-corrected chi connectivity index (χ3v) is 8.40. The Morgan fingerprint density at radius 3 is 2.39 bits per heavy atom. The summed E-state index contributed by atoms with van der Waals surface area (Å²) in [7, 11) is -1.86. The van der Waals surface area contributed by atoms with Gasteiger partial charge >= 0.3 is 0 Å². The molecule has 0 amide bonds. The monoisotopic (exact) mass is 468 g/mol. The Kier molecular flexibility index (Phi) is 6.13. The number of aryl methyl sites for hydroxylation is 2. The molecular weight excluding hydrogens is 440 g/mol. The third-order valence-electron chi connectivity index (χ3n) is 6.51. The molecule has 10 heteroatoms. The quantitative estimate of drug-likeness (QED) is 0.547. The van der Waals surface area contributed by atoms with Crippen LogP contribution in [-0.2, 0) is 29.4 Å². The van der Waals surface area contributed by atoms with E-state index < -0.39 is 10.0 Å². The topological polar surface area (TPSA) is 93.4 Å². The van der Waals surface area contributed by atoms with Gasteiger partial charge in [-0.15, -0.1) is 5.10 Å². The summed E-state index contributed by atoms with van der Waals surface area (Å²) in [6.45, 7) is 2.69. The van der Waals surface area contributed by atoms with E-state index in [0.29, 0.717) is 43.4 Å². The van der Waals surface area contributed by atoms with Crippen molar-refractivity contribution < 1.29 is 13.2 Å². The van der Waals surface area contributed by atoms with Crippen molar-refractivity contribution in [3.8, 4) is 11.4 Å². The normalized spacial score (nSPS) is 17.6. The molecule has 9 nitrogen and oxygen atoms in total. The van der Waals surface area contributed by atoms with Gasteiger partial charge in [-0.1, -0.05) is 6.07 Å². The lowest BCUT2D eigenvalue weighted by atomic mass is 9.92. The van der Waals surface area contributed by atoms with Gasteiger partial charge in [0.05, 0.1) is 24.2 Å². The molecule has 0 N–H and O–H groups in total. The zero-order chi connectivity index (χ0) is 22.8. The number of piperazine rings is 1. The van der Waals surface area contributed by atoms with Gasteiger partial charge in [0.2, 0.25) is 10.0 Å². The van der Waals surface area contributed by atoms with Gasteiger partial charge in [-0.2, -0.15) is 8.99 Å². The van der Waals surface area contributed by atoms with E-state index in [-0.39, 0.29) is 0 Å². The van der Waals surface area contributed by atoms with Crippen LogP contribution in [0.1, 0.15) is 29.8 Å². The Morgan fingerprint density at radius 1 is 0.939 bits per heavy atom. The predicted molar refractivity (Wildman–Crippen MR) is 123 cm³/mol. The number of tetrazole rings is 1. The average Bonchev–Trinajstić information content (AvgIpc) is 3.32. The summed E-state index contributed by atoms with van der Waals surface area (Å²) in [5.41, 5.74) is 3.33. The van der Waals surface area contributed by atoms with Crippen LogP contribution in [0.2, 0.25) is 0 Å². The fourth-order valence-electron chi connectivity index (χ4n) is 4.58. The second-order valence-electron chi connectivity index (χ2n) is 8.52. The van der Waals surface area contributed by atoms with Crippen molar-refractivity contribution in [1.82, 2.24) is 29.4 Å². The van der Waals surface area contributed by atoms with E-state index in [1.165, 1.54) is 17.5 Å². The molecule has 1 aromatic heterocycles. The molecule has 1 saturated heterocycles. The van der Waals surface area contributed by atoms with Crippen LogP contribution in [0.15, 0.2) is 47.4 Å². The van der Waals surface area contributed by atoms with Gasteiger partial charge in [-0.05, 0) is 83.6 Å². The molecule has 0 spiro atoms. The molecule has 0 unspecified atom stereocenters. The lowest BCUT2D eigenvalue weighted by molar-refractivity contribution is 0.177. The summed E-state index contributed by atoms with van der Waals surface area (Å²) < 4.78 is 35.0. The van der Waals surface area contributed by atoms with E-state index >= 15 is 0 Å². The van der Waals surface area contributed by atoms with Gasteiger partial charge in [0, 0.05) is 26.2 Å². The average molecular weight is 469 g/mol. The molecule has 3 aromatic rings. The number of methoxy groups -OCH3 is 1. The summed E-state index contributed by atoms with van der Waals surface area (Å²) >= 11 is 0. The first-order valence-electron chi connectivity index (χ1n) is 11.3. The first-order chi connectivity index (χ1) is 16.0. The van der Waals surface area contributed by atoms with E-state index in [9.17, 15) is 8.42 Å². The van der Waals surface area contributed by atoms with Gasteiger partial charge in [-0.25, -0.2) is 8.42 Å². The van der Waals surface area contributed by atoms with Crippen LogP contribution in [0.4, 0.5) is 0 Å². The third kappa shape index (κ3) is 4.50. The molecule has 33 heavy (non-hydrogen) atoms. The van der Waals surface area contributed by atoms with Gasteiger partial charge < -0.3 is 4.74 Å². The summed E-state index contributed by atoms with van der Waals surface area (Å²) in [6.07, 6.45) is 4.33. The molecule has 0 bridgehead atoms. The highest BCUT2D eigenvalue weighted by Gasteiger charge is 2.30. The standard InChI is InChI=1S/C23H28N6O3S/c1-32-21-9-7-20(8-10-21)29-23(24-25-26-29)17-27-12-14-28(15-13-27)33(30,31)22-11-6-18-4-2-3-5-19(18)16-22/h6-11,16H,2-5,12-15,17H2,1H3. The number of hydrogen-bond acceptors (Lipinski definition) is 7. The number of sulfonamides is 1. The van der Waals surface area contributed by atoms with Crippen LogP contribution in [0.3, 0.4) is 0 Å². The predicted octanol–water partition coefficient (Wildman–Crippen LogP) is 2.06. The van der Waals surface area contributed by atoms with E-state index in [1.807, 2.05) is 36.4 Å². The summed E-state index contributed by atoms with van der Waals surface area (Å²) in [6, 6.07) is 13.2. The molecule has 2 aromatic carbocycles. The maximum absolute atomic E-state index is 13.2. The molecule has 1 aliphatic heterocycles. The van der Waals surface area contributed by atoms with E-state index in [1.54, 1.807) is 22.2 Å². The summed E-state index contributed by atoms with van der Waals surface area (Å²) in [5, 5.41) is 12.1. The first-order valence-corrected chi connectivity index (χ1v) is 12.7. The Balaban J connectivity index is 1.24. The maximum Gasteiger partial charge on any atom is 0.243 e. The van der Waals surface area contributed by atoms with E-state index in [2.05, 4.69) is 20.4 Å². The van der Waals surface area contributed by atoms with Gasteiger partial charge in [0.1, 0.15) is 5.75 Å². The molecule has 1 aliphatic carbocycles. The minimum atomic E-state index is -3.49. The highest BCUT2D eigenvalue weighted by atomic mass is 32.2. The van der Waals surface area contributed by atoms with Crippen molar-refractivity contribution >= 4 is 10.0 Å². The van der Waals surface area contributed by atoms with Crippen molar-refractivity contribution in [2.24, 2.45) is 0 Å². The Morgan fingerprint density at radius 2 is 1.67 bits per heavy atom. The fraction of sp³-hybridized carbons (Fsp3) is 0.435. The van der Waals surface area contributed by atoms with Crippen molar-refractivity contribution in [2.45, 2.75) is 37.1 Å². The molecular formula is C23H28N6O3S. The zero-order valence-corrected chi connectivity index (χ0v) is 19.5. The molecule has 0 radical (unpaired) electrons. The molecule has 0 saturated carbocycles. The summed E-state index contributed by atoms with van der Waals surface area (Å²) in [5.74, 6) is 1.48. The van der Waals surface area contributed by atoms with Gasteiger partial charge in [-0.3, -0.25) is 4.90 Å². The number of aromatic nitrogens is 4. The Hall–Kier alpha value is -2.82. The molecule has 0 atom stereocenters. The SMILES string of the molecule is COc1ccc(-n2nnnc2CN2CCN(S(=O)(=O)c3ccc4c(c3)CCCC4)CC2)cc1. The van der Waals surface area contributed by atoms with Crippen molar-refractivity contribution in [1.29, 1.82) is 0 Å². The summed E-state index contributed by atoms with van der Waals surface area (Å²) in [4.78, 5) is 2.60. The van der Waals surface area contributed by atoms with E-state index in [4.69, 9.17) is 4.74 Å². The number of ether oxygens (including phenoxy) is 1. The molecule has 174 valence electrons. The highest BCUT2D eigenvalue weighted by molar-refractivity contribution is 7.89. The van der Waals surface area contributed by atoms with Crippen LogP contribution in [0, 0.1) is 0 Å². The molecule has 2 aliphatic rings. The highest BCUT2D eigenvalue weighted by Crippen LogP contribution is 2.26. The number of hydrogen-bond donors (Lipinski definition) is 0. The molecule has 5 rings (SSSR count). The molecule has 2 heterocycles. The zero-order valence-electron chi connectivity index (χ0n) is 18.7. The van der Waals surface area contributed by atoms with Crippen LogP contribution in [0.25, 0.3) is 5.69 Å². The number of rotatable bonds is 6. The Bertz CT molecular complexity index is 1220. The van der Waals surface area contributed by atoms with Crippen LogP contribution >= 0.6 is 0 Å². The van der Waals surface area contributed by atoms with Crippen LogP contribution < -0.4 is 4.74 Å². The fourth-order valence-corrected chi connectivity index (χ4v) is 6.05. The van der Waals surface area contributed by atoms with Crippen LogP contribution in [-0.4, -0.2) is 71.1 Å². The number of benzene rings is 2. The second kappa shape index (κ2) is 9.20. The lowest BCUT2D eigenvalue weighted by Crippen LogP contribution is -2.48. The first kappa shape index (κ1) is 22.0. The van der Waals surface area contributed by atoms with Crippen LogP contribution in [0.5, 0.6) is 5.75 Å². The van der Waals surface area contributed by atoms with Gasteiger partial charge in [0.15, 0.2) is 5.82 Å².